The molecule has 5 nitrogen and oxygen atoms in total. The van der Waals surface area contributed by atoms with Gasteiger partial charge in [-0.1, -0.05) is 18.5 Å². The summed E-state index contributed by atoms with van der Waals surface area (Å²) in [6.45, 7) is 4.09. The van der Waals surface area contributed by atoms with Gasteiger partial charge in [-0.3, -0.25) is 9.59 Å². The number of halogens is 1. The van der Waals surface area contributed by atoms with Crippen LogP contribution in [0.4, 0.5) is 5.69 Å². The van der Waals surface area contributed by atoms with Crippen molar-refractivity contribution in [2.24, 2.45) is 5.73 Å². The van der Waals surface area contributed by atoms with E-state index in [0.29, 0.717) is 5.69 Å². The summed E-state index contributed by atoms with van der Waals surface area (Å²) in [4.78, 5) is 22.6. The van der Waals surface area contributed by atoms with E-state index in [1.54, 1.807) is 12.1 Å². The van der Waals surface area contributed by atoms with Crippen LogP contribution in [-0.2, 0) is 4.79 Å². The summed E-state index contributed by atoms with van der Waals surface area (Å²) in [7, 11) is 0. The van der Waals surface area contributed by atoms with Crippen LogP contribution in [0.3, 0.4) is 0 Å². The number of nitrogens with two attached hydrogens (primary N) is 1. The Bertz CT molecular complexity index is 477. The van der Waals surface area contributed by atoms with Crippen LogP contribution in [0.1, 0.15) is 30.6 Å². The highest BCUT2D eigenvalue weighted by molar-refractivity contribution is 6.34. The lowest BCUT2D eigenvalue weighted by molar-refractivity contribution is -0.120. The lowest BCUT2D eigenvalue weighted by Gasteiger charge is -2.12. The van der Waals surface area contributed by atoms with Crippen molar-refractivity contribution in [1.82, 2.24) is 5.32 Å². The van der Waals surface area contributed by atoms with Gasteiger partial charge in [0.2, 0.25) is 11.8 Å². The molecular formula is C13H18ClN3O2. The van der Waals surface area contributed by atoms with Crippen LogP contribution in [0.15, 0.2) is 18.2 Å². The van der Waals surface area contributed by atoms with Crippen LogP contribution in [0.5, 0.6) is 0 Å². The van der Waals surface area contributed by atoms with E-state index in [2.05, 4.69) is 10.6 Å². The molecule has 1 rings (SSSR count). The van der Waals surface area contributed by atoms with Gasteiger partial charge in [-0.05, 0) is 31.5 Å². The van der Waals surface area contributed by atoms with Gasteiger partial charge >= 0.3 is 0 Å². The Hall–Kier alpha value is -1.75. The average molecular weight is 284 g/mol. The minimum absolute atomic E-state index is 0.0931. The number of amides is 2. The number of carbonyl (C=O) groups excluding carboxylic acids is 2. The van der Waals surface area contributed by atoms with E-state index in [0.717, 1.165) is 6.42 Å². The summed E-state index contributed by atoms with van der Waals surface area (Å²) in [6.07, 6.45) is 0.880. The zero-order valence-electron chi connectivity index (χ0n) is 11.0. The van der Waals surface area contributed by atoms with E-state index in [1.807, 2.05) is 13.8 Å². The van der Waals surface area contributed by atoms with Crippen molar-refractivity contribution in [1.29, 1.82) is 0 Å². The molecule has 6 heteroatoms. The number of nitrogens with one attached hydrogen (secondary N) is 2. The molecule has 0 saturated carbocycles. The predicted octanol–water partition coefficient (Wildman–Crippen LogP) is 1.77. The minimum Gasteiger partial charge on any atom is -0.376 e. The fraction of sp³-hybridized carbons (Fsp3) is 0.385. The molecule has 2 amide bonds. The summed E-state index contributed by atoms with van der Waals surface area (Å²) in [5.41, 5.74) is 6.07. The minimum atomic E-state index is -0.578. The van der Waals surface area contributed by atoms with Gasteiger partial charge in [-0.15, -0.1) is 0 Å². The van der Waals surface area contributed by atoms with Gasteiger partial charge in [-0.25, -0.2) is 0 Å². The van der Waals surface area contributed by atoms with Crippen LogP contribution in [0.2, 0.25) is 5.02 Å². The maximum Gasteiger partial charge on any atom is 0.250 e. The molecule has 19 heavy (non-hydrogen) atoms. The van der Waals surface area contributed by atoms with Gasteiger partial charge in [-0.2, -0.15) is 0 Å². The van der Waals surface area contributed by atoms with Gasteiger partial charge in [0.25, 0.3) is 0 Å². The van der Waals surface area contributed by atoms with Gasteiger partial charge in [0.1, 0.15) is 0 Å². The molecule has 0 saturated heterocycles. The highest BCUT2D eigenvalue weighted by Crippen LogP contribution is 2.20. The third kappa shape index (κ3) is 4.79. The first kappa shape index (κ1) is 15.3. The first-order valence-corrected chi connectivity index (χ1v) is 6.44. The molecule has 0 aliphatic rings. The van der Waals surface area contributed by atoms with Crippen molar-refractivity contribution < 1.29 is 9.59 Å². The Morgan fingerprint density at radius 2 is 2.11 bits per heavy atom. The number of hydrogen-bond donors (Lipinski definition) is 3. The summed E-state index contributed by atoms with van der Waals surface area (Å²) in [6, 6.07) is 4.90. The van der Waals surface area contributed by atoms with Crippen LogP contribution >= 0.6 is 11.6 Å². The number of carbonyl (C=O) groups is 2. The molecule has 104 valence electrons. The van der Waals surface area contributed by atoms with E-state index in [9.17, 15) is 9.59 Å². The number of rotatable bonds is 6. The van der Waals surface area contributed by atoms with Crippen LogP contribution in [0.25, 0.3) is 0 Å². The van der Waals surface area contributed by atoms with Gasteiger partial charge in [0, 0.05) is 11.7 Å². The maximum atomic E-state index is 11.6. The van der Waals surface area contributed by atoms with E-state index in [4.69, 9.17) is 17.3 Å². The summed E-state index contributed by atoms with van der Waals surface area (Å²) in [5, 5.41) is 6.03. The number of hydrogen-bond acceptors (Lipinski definition) is 3. The summed E-state index contributed by atoms with van der Waals surface area (Å²) < 4.78 is 0. The molecule has 1 atom stereocenters. The van der Waals surface area contributed by atoms with Crippen molar-refractivity contribution in [3.63, 3.8) is 0 Å². The molecule has 0 aromatic heterocycles. The van der Waals surface area contributed by atoms with E-state index in [1.165, 1.54) is 6.07 Å². The Balaban J connectivity index is 2.57. The second kappa shape index (κ2) is 6.99. The summed E-state index contributed by atoms with van der Waals surface area (Å²) >= 11 is 5.91. The fourth-order valence-electron chi connectivity index (χ4n) is 1.44. The van der Waals surface area contributed by atoms with Crippen LogP contribution in [-0.4, -0.2) is 24.4 Å². The van der Waals surface area contributed by atoms with Crippen molar-refractivity contribution in [2.45, 2.75) is 26.3 Å². The standard InChI is InChI=1S/C13H18ClN3O2/c1-3-8(2)17-12(18)7-16-9-4-5-10(13(15)19)11(14)6-9/h4-6,8,16H,3,7H2,1-2H3,(H2,15,19)(H,17,18). The quantitative estimate of drug-likeness (QED) is 0.744. The molecule has 0 aliphatic carbocycles. The lowest BCUT2D eigenvalue weighted by Crippen LogP contribution is -2.36. The Kier molecular flexibility index (Phi) is 5.63. The topological polar surface area (TPSA) is 84.2 Å². The molecule has 0 aliphatic heterocycles. The molecule has 1 unspecified atom stereocenters. The average Bonchev–Trinajstić information content (AvgIpc) is 2.35. The maximum absolute atomic E-state index is 11.6. The molecule has 0 bridgehead atoms. The second-order valence-corrected chi connectivity index (χ2v) is 4.70. The molecule has 4 N–H and O–H groups in total. The molecule has 0 fully saturated rings. The first-order valence-electron chi connectivity index (χ1n) is 6.06. The number of anilines is 1. The Labute approximate surface area is 117 Å². The molecule has 0 radical (unpaired) electrons. The molecule has 1 aromatic carbocycles. The van der Waals surface area contributed by atoms with Crippen molar-refractivity contribution in [2.75, 3.05) is 11.9 Å². The Morgan fingerprint density at radius 1 is 1.42 bits per heavy atom. The number of benzene rings is 1. The van der Waals surface area contributed by atoms with Crippen LogP contribution < -0.4 is 16.4 Å². The second-order valence-electron chi connectivity index (χ2n) is 4.29. The fourth-order valence-corrected chi connectivity index (χ4v) is 1.71. The molecule has 1 aromatic rings. The third-order valence-corrected chi connectivity index (χ3v) is 3.02. The smallest absolute Gasteiger partial charge is 0.250 e. The molecular weight excluding hydrogens is 266 g/mol. The van der Waals surface area contributed by atoms with Crippen LogP contribution in [0, 0.1) is 0 Å². The monoisotopic (exact) mass is 283 g/mol. The predicted molar refractivity (Wildman–Crippen MR) is 76.4 cm³/mol. The van der Waals surface area contributed by atoms with Crippen molar-refractivity contribution >= 4 is 29.1 Å². The Morgan fingerprint density at radius 3 is 2.63 bits per heavy atom. The number of primary amides is 1. The van der Waals surface area contributed by atoms with Crippen molar-refractivity contribution in [3.05, 3.63) is 28.8 Å². The first-order chi connectivity index (χ1) is 8.93. The van der Waals surface area contributed by atoms with Crippen molar-refractivity contribution in [3.8, 4) is 0 Å². The SMILES string of the molecule is CCC(C)NC(=O)CNc1ccc(C(N)=O)c(Cl)c1. The van der Waals surface area contributed by atoms with Gasteiger partial charge in [0.15, 0.2) is 0 Å². The van der Waals surface area contributed by atoms with Gasteiger partial charge in [0.05, 0.1) is 17.1 Å². The van der Waals surface area contributed by atoms with E-state index < -0.39 is 5.91 Å². The zero-order chi connectivity index (χ0) is 14.4. The summed E-state index contributed by atoms with van der Waals surface area (Å²) in [5.74, 6) is -0.671. The largest absolute Gasteiger partial charge is 0.376 e. The normalized spacial score (nSPS) is 11.7. The van der Waals surface area contributed by atoms with E-state index in [-0.39, 0.29) is 29.1 Å². The molecule has 0 heterocycles. The molecule has 0 spiro atoms. The van der Waals surface area contributed by atoms with Gasteiger partial charge < -0.3 is 16.4 Å². The highest BCUT2D eigenvalue weighted by Gasteiger charge is 2.08. The highest BCUT2D eigenvalue weighted by atomic mass is 35.5. The third-order valence-electron chi connectivity index (χ3n) is 2.71. The van der Waals surface area contributed by atoms with E-state index >= 15 is 0 Å². The zero-order valence-corrected chi connectivity index (χ0v) is 11.8. The lowest BCUT2D eigenvalue weighted by atomic mass is 10.2.